The lowest BCUT2D eigenvalue weighted by Gasteiger charge is -2.63. The van der Waals surface area contributed by atoms with Gasteiger partial charge in [-0.15, -0.1) is 0 Å². The second kappa shape index (κ2) is 16.5. The summed E-state index contributed by atoms with van der Waals surface area (Å²) in [6.07, 6.45) is 20.6. The van der Waals surface area contributed by atoms with Gasteiger partial charge < -0.3 is 31.1 Å². The molecule has 0 aromatic carbocycles. The van der Waals surface area contributed by atoms with Crippen LogP contribution in [0.15, 0.2) is 0 Å². The van der Waals surface area contributed by atoms with Gasteiger partial charge in [-0.25, -0.2) is 0 Å². The highest BCUT2D eigenvalue weighted by Crippen LogP contribution is 2.70. The van der Waals surface area contributed by atoms with Crippen LogP contribution in [0, 0.1) is 92.7 Å². The van der Waals surface area contributed by atoms with Crippen molar-refractivity contribution in [1.82, 2.24) is 10.6 Å². The molecule has 58 heavy (non-hydrogen) atoms. The van der Waals surface area contributed by atoms with Gasteiger partial charge in [-0.05, 0) is 208 Å². The van der Waals surface area contributed by atoms with Crippen LogP contribution in [0.5, 0.6) is 0 Å². The number of hydrogen-bond acceptors (Lipinski definition) is 6. The number of fused-ring (bicyclic) bond motifs is 10. The molecule has 6 N–H and O–H groups in total. The van der Waals surface area contributed by atoms with Crippen molar-refractivity contribution in [2.75, 3.05) is 13.1 Å². The van der Waals surface area contributed by atoms with E-state index in [2.05, 4.69) is 52.2 Å². The average Bonchev–Trinajstić information content (AvgIpc) is 3.72. The Morgan fingerprint density at radius 1 is 0.534 bits per heavy atom. The van der Waals surface area contributed by atoms with Crippen LogP contribution in [0.3, 0.4) is 0 Å². The first-order chi connectivity index (χ1) is 27.5. The predicted octanol–water partition coefficient (Wildman–Crippen LogP) is 9.16. The molecule has 0 aromatic rings. The summed E-state index contributed by atoms with van der Waals surface area (Å²) in [6.45, 7) is 16.7. The third kappa shape index (κ3) is 7.46. The van der Waals surface area contributed by atoms with Crippen LogP contribution >= 0.6 is 0 Å². The number of carboxylic acid groups (broad SMARTS) is 2. The number of aliphatic hydroxyl groups excluding tert-OH is 2. The molecule has 8 aliphatic rings. The molecular formula is C50H84N2O6. The number of rotatable bonds is 13. The van der Waals surface area contributed by atoms with E-state index in [1.54, 1.807) is 0 Å². The Morgan fingerprint density at radius 3 is 1.28 bits per heavy atom. The Labute approximate surface area is 351 Å². The molecule has 8 nitrogen and oxygen atoms in total. The Bertz CT molecular complexity index is 1380. The second-order valence-electron chi connectivity index (χ2n) is 23.7. The third-order valence-electron chi connectivity index (χ3n) is 21.5. The van der Waals surface area contributed by atoms with E-state index in [0.29, 0.717) is 93.9 Å². The van der Waals surface area contributed by atoms with Gasteiger partial charge in [0, 0.05) is 38.0 Å². The number of hydrogen-bond donors (Lipinski definition) is 6. The van der Waals surface area contributed by atoms with E-state index in [1.165, 1.54) is 89.9 Å². The van der Waals surface area contributed by atoms with E-state index >= 15 is 0 Å². The molecule has 8 aliphatic carbocycles. The van der Waals surface area contributed by atoms with Crippen molar-refractivity contribution in [3.8, 4) is 0 Å². The Balaban J connectivity index is 0.805. The molecule has 8 rings (SSSR count). The highest BCUT2D eigenvalue weighted by atomic mass is 16.4. The minimum absolute atomic E-state index is 0.209. The van der Waals surface area contributed by atoms with Gasteiger partial charge >= 0.3 is 11.9 Å². The summed E-state index contributed by atoms with van der Waals surface area (Å²) in [5, 5.41) is 50.5. The highest BCUT2D eigenvalue weighted by molar-refractivity contribution is 5.66. The molecule has 8 saturated carbocycles. The minimum atomic E-state index is -0.677. The molecule has 8 fully saturated rings. The molecule has 0 saturated heterocycles. The quantitative estimate of drug-likeness (QED) is 0.101. The van der Waals surface area contributed by atoms with Crippen LogP contribution in [0.1, 0.15) is 170 Å². The van der Waals surface area contributed by atoms with Crippen LogP contribution in [0.4, 0.5) is 0 Å². The fourth-order valence-electron chi connectivity index (χ4n) is 18.4. The van der Waals surface area contributed by atoms with Crippen LogP contribution < -0.4 is 10.6 Å². The molecule has 8 heteroatoms. The Morgan fingerprint density at radius 2 is 0.897 bits per heavy atom. The molecule has 0 bridgehead atoms. The summed E-state index contributed by atoms with van der Waals surface area (Å²) in [4.78, 5) is 22.7. The fraction of sp³-hybridized carbons (Fsp3) is 0.960. The molecule has 330 valence electrons. The second-order valence-corrected chi connectivity index (χ2v) is 23.7. The van der Waals surface area contributed by atoms with Gasteiger partial charge in [-0.1, -0.05) is 41.5 Å². The lowest BCUT2D eigenvalue weighted by Crippen LogP contribution is -2.60. The zero-order valence-electron chi connectivity index (χ0n) is 37.4. The van der Waals surface area contributed by atoms with Gasteiger partial charge in [0.15, 0.2) is 0 Å². The first kappa shape index (κ1) is 43.4. The topological polar surface area (TPSA) is 139 Å². The number of aliphatic hydroxyl groups is 2. The summed E-state index contributed by atoms with van der Waals surface area (Å²) in [6, 6.07) is 1.05. The fourth-order valence-corrected chi connectivity index (χ4v) is 18.4. The van der Waals surface area contributed by atoms with Gasteiger partial charge in [-0.2, -0.15) is 0 Å². The summed E-state index contributed by atoms with van der Waals surface area (Å²) in [5.41, 5.74) is 1.08. The first-order valence-electron chi connectivity index (χ1n) is 24.8. The Hall–Kier alpha value is -1.22. The molecule has 20 atom stereocenters. The SMILES string of the molecule is C[C@H](CCC(=O)O)[C@H]1CC[C@@H]2C3[C@@H](CC[C@@]21C)[C@@]1(C)CCC(NCCNC2CC[C@@]4(C)C(C2)C[C@H](O)C2[C@H]5CC[C@H]([C@H](C)CCC(=O)O)[C@@]5(C)CC[C@H]24)CC1C[C@@H]3O. The van der Waals surface area contributed by atoms with Crippen molar-refractivity contribution in [1.29, 1.82) is 0 Å². The molecule has 0 heterocycles. The zero-order chi connectivity index (χ0) is 41.4. The van der Waals surface area contributed by atoms with Crippen molar-refractivity contribution in [3.63, 3.8) is 0 Å². The van der Waals surface area contributed by atoms with Crippen molar-refractivity contribution in [3.05, 3.63) is 0 Å². The largest absolute Gasteiger partial charge is 0.481 e. The van der Waals surface area contributed by atoms with Crippen LogP contribution in [-0.2, 0) is 9.59 Å². The third-order valence-corrected chi connectivity index (χ3v) is 21.5. The molecule has 6 unspecified atom stereocenters. The summed E-state index contributed by atoms with van der Waals surface area (Å²) in [5.74, 6) is 4.95. The van der Waals surface area contributed by atoms with E-state index in [9.17, 15) is 30.0 Å². The van der Waals surface area contributed by atoms with E-state index < -0.39 is 11.9 Å². The van der Waals surface area contributed by atoms with E-state index in [1.807, 2.05) is 0 Å². The maximum atomic E-state index is 11.9. The maximum absolute atomic E-state index is 11.9. The molecule has 0 spiro atoms. The van der Waals surface area contributed by atoms with Crippen LogP contribution in [0.2, 0.25) is 0 Å². The molecular weight excluding hydrogens is 725 g/mol. The van der Waals surface area contributed by atoms with Crippen LogP contribution in [-0.4, -0.2) is 69.7 Å². The molecule has 0 aromatic heterocycles. The average molecular weight is 809 g/mol. The Kier molecular flexibility index (Phi) is 12.3. The van der Waals surface area contributed by atoms with Gasteiger partial charge in [0.05, 0.1) is 12.2 Å². The van der Waals surface area contributed by atoms with E-state index in [-0.39, 0.29) is 35.9 Å². The lowest BCUT2D eigenvalue weighted by atomic mass is 9.43. The van der Waals surface area contributed by atoms with Gasteiger partial charge in [0.2, 0.25) is 0 Å². The van der Waals surface area contributed by atoms with E-state index in [4.69, 9.17) is 0 Å². The van der Waals surface area contributed by atoms with Gasteiger partial charge in [-0.3, -0.25) is 9.59 Å². The molecule has 0 amide bonds. The van der Waals surface area contributed by atoms with Crippen molar-refractivity contribution in [2.45, 2.75) is 194 Å². The zero-order valence-corrected chi connectivity index (χ0v) is 37.4. The lowest BCUT2D eigenvalue weighted by molar-refractivity contribution is -0.167. The van der Waals surface area contributed by atoms with Crippen molar-refractivity contribution in [2.24, 2.45) is 92.7 Å². The summed E-state index contributed by atoms with van der Waals surface area (Å²) < 4.78 is 0. The normalized spacial score (nSPS) is 50.6. The summed E-state index contributed by atoms with van der Waals surface area (Å²) >= 11 is 0. The van der Waals surface area contributed by atoms with Gasteiger partial charge in [0.25, 0.3) is 0 Å². The minimum Gasteiger partial charge on any atom is -0.481 e. The van der Waals surface area contributed by atoms with E-state index in [0.717, 1.165) is 38.8 Å². The standard InChI is InChI=1S/C50H84N2O6/c1-29(7-13-43(55)56)35-9-11-37-45-39(17-21-49(35,37)5)47(3)19-15-33(25-31(47)27-41(45)53)51-23-24-52-34-16-20-48(4)32(26-34)28-42(54)46-38-12-10-36(30(2)8-14-44(57)58)50(38,6)22-18-40(46)48/h29-42,45-46,51-54H,7-28H2,1-6H3,(H,55,56)(H,57,58)/t29-,30-,31?,32?,33?,34?,35-,36-,37-,38-,39-,40-,41+,42+,45?,46?,47+,48+,49-,50-/m1/s1. The number of aliphatic carboxylic acids is 2. The van der Waals surface area contributed by atoms with Crippen LogP contribution in [0.25, 0.3) is 0 Å². The molecule has 0 radical (unpaired) electrons. The maximum Gasteiger partial charge on any atom is 0.303 e. The van der Waals surface area contributed by atoms with Gasteiger partial charge in [0.1, 0.15) is 0 Å². The predicted molar refractivity (Wildman–Crippen MR) is 229 cm³/mol. The smallest absolute Gasteiger partial charge is 0.303 e. The number of nitrogens with one attached hydrogen (secondary N) is 2. The first-order valence-corrected chi connectivity index (χ1v) is 24.8. The van der Waals surface area contributed by atoms with Crippen molar-refractivity contribution < 1.29 is 30.0 Å². The monoisotopic (exact) mass is 809 g/mol. The number of carbonyl (C=O) groups is 2. The number of carboxylic acids is 2. The highest BCUT2D eigenvalue weighted by Gasteiger charge is 2.64. The molecule has 0 aliphatic heterocycles. The van der Waals surface area contributed by atoms with Crippen molar-refractivity contribution >= 4 is 11.9 Å². The summed E-state index contributed by atoms with van der Waals surface area (Å²) in [7, 11) is 0.